The van der Waals surface area contributed by atoms with Gasteiger partial charge in [0.15, 0.2) is 5.78 Å². The average Bonchev–Trinajstić information content (AvgIpc) is 2.26. The van der Waals surface area contributed by atoms with E-state index in [2.05, 4.69) is 5.32 Å². The first kappa shape index (κ1) is 10.7. The van der Waals surface area contributed by atoms with Gasteiger partial charge in [-0.1, -0.05) is 12.1 Å². The summed E-state index contributed by atoms with van der Waals surface area (Å²) in [5, 5.41) is 2.91. The molecule has 1 aromatic carbocycles. The maximum atomic E-state index is 11.8. The number of hydrogen-bond acceptors (Lipinski definition) is 3. The maximum absolute atomic E-state index is 11.8. The first-order valence-electron chi connectivity index (χ1n) is 4.55. The van der Waals surface area contributed by atoms with Crippen molar-refractivity contribution in [1.29, 1.82) is 0 Å². The lowest BCUT2D eigenvalue weighted by Gasteiger charge is -2.11. The predicted octanol–water partition coefficient (Wildman–Crippen LogP) is 1.49. The number of hydrogen-bond donors (Lipinski definition) is 1. The smallest absolute Gasteiger partial charge is 0.183 e. The first-order chi connectivity index (χ1) is 6.70. The minimum Gasteiger partial charge on any atom is -0.496 e. The van der Waals surface area contributed by atoms with Crippen molar-refractivity contribution in [2.24, 2.45) is 0 Å². The van der Waals surface area contributed by atoms with Crippen LogP contribution in [0.25, 0.3) is 0 Å². The SMILES string of the molecule is CNC(C)C(=O)c1ccccc1OC. The first-order valence-corrected chi connectivity index (χ1v) is 4.55. The van der Waals surface area contributed by atoms with Gasteiger partial charge in [-0.25, -0.2) is 0 Å². The Bertz CT molecular complexity index is 323. The Morgan fingerprint density at radius 2 is 2.07 bits per heavy atom. The van der Waals surface area contributed by atoms with Crippen LogP contribution in [0.5, 0.6) is 5.75 Å². The van der Waals surface area contributed by atoms with Crippen LogP contribution in [0.15, 0.2) is 24.3 Å². The second-order valence-corrected chi connectivity index (χ2v) is 3.07. The lowest BCUT2D eigenvalue weighted by molar-refractivity contribution is 0.0952. The summed E-state index contributed by atoms with van der Waals surface area (Å²) in [4.78, 5) is 11.8. The van der Waals surface area contributed by atoms with E-state index < -0.39 is 0 Å². The van der Waals surface area contributed by atoms with Crippen LogP contribution in [0, 0.1) is 0 Å². The van der Waals surface area contributed by atoms with Gasteiger partial charge in [-0.15, -0.1) is 0 Å². The highest BCUT2D eigenvalue weighted by atomic mass is 16.5. The second kappa shape index (κ2) is 4.77. The number of nitrogens with one attached hydrogen (secondary N) is 1. The molecular weight excluding hydrogens is 178 g/mol. The summed E-state index contributed by atoms with van der Waals surface area (Å²) < 4.78 is 5.11. The molecule has 0 heterocycles. The molecule has 3 nitrogen and oxygen atoms in total. The normalized spacial score (nSPS) is 12.2. The van der Waals surface area contributed by atoms with Gasteiger partial charge in [-0.3, -0.25) is 4.79 Å². The molecule has 1 rings (SSSR count). The van der Waals surface area contributed by atoms with Gasteiger partial charge in [0.1, 0.15) is 5.75 Å². The number of benzene rings is 1. The summed E-state index contributed by atoms with van der Waals surface area (Å²) in [5.74, 6) is 0.671. The number of carbonyl (C=O) groups is 1. The van der Waals surface area contributed by atoms with Gasteiger partial charge in [0.25, 0.3) is 0 Å². The zero-order chi connectivity index (χ0) is 10.6. The number of likely N-dealkylation sites (N-methyl/N-ethyl adjacent to an activating group) is 1. The van der Waals surface area contributed by atoms with Crippen LogP contribution in [0.4, 0.5) is 0 Å². The van der Waals surface area contributed by atoms with E-state index in [0.717, 1.165) is 0 Å². The van der Waals surface area contributed by atoms with Gasteiger partial charge < -0.3 is 10.1 Å². The zero-order valence-corrected chi connectivity index (χ0v) is 8.70. The van der Waals surface area contributed by atoms with E-state index in [-0.39, 0.29) is 11.8 Å². The molecule has 14 heavy (non-hydrogen) atoms. The van der Waals surface area contributed by atoms with Crippen LogP contribution in [-0.2, 0) is 0 Å². The van der Waals surface area contributed by atoms with Gasteiger partial charge in [0, 0.05) is 0 Å². The fraction of sp³-hybridized carbons (Fsp3) is 0.364. The van der Waals surface area contributed by atoms with E-state index in [1.807, 2.05) is 19.1 Å². The molecular formula is C11H15NO2. The highest BCUT2D eigenvalue weighted by Crippen LogP contribution is 2.18. The zero-order valence-electron chi connectivity index (χ0n) is 8.70. The third-order valence-corrected chi connectivity index (χ3v) is 2.20. The highest BCUT2D eigenvalue weighted by molar-refractivity contribution is 6.02. The fourth-order valence-corrected chi connectivity index (χ4v) is 1.21. The Hall–Kier alpha value is -1.35. The third kappa shape index (κ3) is 2.12. The maximum Gasteiger partial charge on any atom is 0.183 e. The largest absolute Gasteiger partial charge is 0.496 e. The van der Waals surface area contributed by atoms with Crippen LogP contribution in [0.2, 0.25) is 0 Å². The molecule has 1 atom stereocenters. The van der Waals surface area contributed by atoms with E-state index >= 15 is 0 Å². The Balaban J connectivity index is 3.00. The van der Waals surface area contributed by atoms with E-state index in [1.54, 1.807) is 26.3 Å². The summed E-state index contributed by atoms with van der Waals surface area (Å²) in [6, 6.07) is 7.05. The van der Waals surface area contributed by atoms with Crippen LogP contribution >= 0.6 is 0 Å². The number of ketones is 1. The Kier molecular flexibility index (Phi) is 3.65. The second-order valence-electron chi connectivity index (χ2n) is 3.07. The third-order valence-electron chi connectivity index (χ3n) is 2.20. The molecule has 0 radical (unpaired) electrons. The molecule has 0 spiro atoms. The summed E-state index contributed by atoms with van der Waals surface area (Å²) in [6.07, 6.45) is 0. The topological polar surface area (TPSA) is 38.3 Å². The van der Waals surface area contributed by atoms with Crippen molar-refractivity contribution in [2.75, 3.05) is 14.2 Å². The summed E-state index contributed by atoms with van der Waals surface area (Å²) >= 11 is 0. The van der Waals surface area contributed by atoms with Gasteiger partial charge >= 0.3 is 0 Å². The molecule has 0 saturated heterocycles. The fourth-order valence-electron chi connectivity index (χ4n) is 1.21. The minimum absolute atomic E-state index is 0.0463. The van der Waals surface area contributed by atoms with Crippen molar-refractivity contribution >= 4 is 5.78 Å². The number of Topliss-reactive ketones (excluding diaryl/α,β-unsaturated/α-hetero) is 1. The monoisotopic (exact) mass is 193 g/mol. The molecule has 1 unspecified atom stereocenters. The minimum atomic E-state index is -0.189. The van der Waals surface area contributed by atoms with E-state index in [9.17, 15) is 4.79 Å². The standard InChI is InChI=1S/C11H15NO2/c1-8(12-2)11(13)9-6-4-5-7-10(9)14-3/h4-8,12H,1-3H3. The molecule has 3 heteroatoms. The van der Waals surface area contributed by atoms with Crippen LogP contribution in [0.1, 0.15) is 17.3 Å². The summed E-state index contributed by atoms with van der Waals surface area (Å²) in [6.45, 7) is 1.83. The number of ether oxygens (including phenoxy) is 1. The molecule has 0 amide bonds. The van der Waals surface area contributed by atoms with Gasteiger partial charge in [0.05, 0.1) is 18.7 Å². The average molecular weight is 193 g/mol. The van der Waals surface area contributed by atoms with E-state index in [1.165, 1.54) is 0 Å². The number of methoxy groups -OCH3 is 1. The number of para-hydroxylation sites is 1. The number of carbonyl (C=O) groups excluding carboxylic acids is 1. The predicted molar refractivity (Wildman–Crippen MR) is 55.8 cm³/mol. The molecule has 0 aliphatic heterocycles. The Morgan fingerprint density at radius 1 is 1.43 bits per heavy atom. The van der Waals surface area contributed by atoms with E-state index in [0.29, 0.717) is 11.3 Å². The Morgan fingerprint density at radius 3 is 2.64 bits per heavy atom. The molecule has 0 aliphatic rings. The van der Waals surface area contributed by atoms with Crippen molar-refractivity contribution in [3.8, 4) is 5.75 Å². The molecule has 0 aliphatic carbocycles. The quantitative estimate of drug-likeness (QED) is 0.736. The van der Waals surface area contributed by atoms with Crippen molar-refractivity contribution in [1.82, 2.24) is 5.32 Å². The molecule has 0 bridgehead atoms. The molecule has 0 fully saturated rings. The van der Waals surface area contributed by atoms with E-state index in [4.69, 9.17) is 4.74 Å². The number of rotatable bonds is 4. The van der Waals surface area contributed by atoms with Gasteiger partial charge in [-0.05, 0) is 26.1 Å². The molecule has 1 aromatic rings. The Labute approximate surface area is 84.1 Å². The molecule has 0 saturated carbocycles. The summed E-state index contributed by atoms with van der Waals surface area (Å²) in [7, 11) is 3.33. The van der Waals surface area contributed by atoms with Crippen molar-refractivity contribution < 1.29 is 9.53 Å². The van der Waals surface area contributed by atoms with Crippen molar-refractivity contribution in [3.63, 3.8) is 0 Å². The lowest BCUT2D eigenvalue weighted by atomic mass is 10.0. The lowest BCUT2D eigenvalue weighted by Crippen LogP contribution is -2.30. The van der Waals surface area contributed by atoms with Crippen molar-refractivity contribution in [3.05, 3.63) is 29.8 Å². The molecule has 1 N–H and O–H groups in total. The molecule has 76 valence electrons. The highest BCUT2D eigenvalue weighted by Gasteiger charge is 2.16. The van der Waals surface area contributed by atoms with Gasteiger partial charge in [0.2, 0.25) is 0 Å². The van der Waals surface area contributed by atoms with Crippen LogP contribution in [-0.4, -0.2) is 26.0 Å². The molecule has 0 aromatic heterocycles. The van der Waals surface area contributed by atoms with Crippen molar-refractivity contribution in [2.45, 2.75) is 13.0 Å². The summed E-state index contributed by atoms with van der Waals surface area (Å²) in [5.41, 5.74) is 0.622. The van der Waals surface area contributed by atoms with Crippen LogP contribution in [0.3, 0.4) is 0 Å². The van der Waals surface area contributed by atoms with Crippen LogP contribution < -0.4 is 10.1 Å². The van der Waals surface area contributed by atoms with Gasteiger partial charge in [-0.2, -0.15) is 0 Å².